The summed E-state index contributed by atoms with van der Waals surface area (Å²) in [6, 6.07) is 0. The van der Waals surface area contributed by atoms with Crippen LogP contribution in [-0.4, -0.2) is 36.3 Å². The van der Waals surface area contributed by atoms with Gasteiger partial charge in [0, 0.05) is 19.6 Å². The van der Waals surface area contributed by atoms with Crippen LogP contribution in [0.3, 0.4) is 0 Å². The molecule has 0 bridgehead atoms. The minimum Gasteiger partial charge on any atom is -0.356 e. The molecule has 0 atom stereocenters. The number of hydrogen-bond acceptors (Lipinski definition) is 2. The summed E-state index contributed by atoms with van der Waals surface area (Å²) in [5.74, 6) is 0.507. The van der Waals surface area contributed by atoms with E-state index in [0.717, 1.165) is 25.9 Å². The van der Waals surface area contributed by atoms with Crippen molar-refractivity contribution in [1.29, 1.82) is 0 Å². The normalized spacial score (nSPS) is 17.6. The van der Waals surface area contributed by atoms with Crippen molar-refractivity contribution >= 4 is 11.8 Å². The van der Waals surface area contributed by atoms with Gasteiger partial charge in [0.05, 0.1) is 0 Å². The summed E-state index contributed by atoms with van der Waals surface area (Å²) in [5, 5.41) is 2.64. The van der Waals surface area contributed by atoms with Crippen LogP contribution in [0.5, 0.6) is 0 Å². The van der Waals surface area contributed by atoms with Gasteiger partial charge in [-0.15, -0.1) is 0 Å². The first-order valence-corrected chi connectivity index (χ1v) is 5.68. The molecule has 0 aliphatic carbocycles. The van der Waals surface area contributed by atoms with Gasteiger partial charge in [-0.1, -0.05) is 6.92 Å². The van der Waals surface area contributed by atoms with Crippen LogP contribution in [0.4, 0.5) is 0 Å². The molecule has 0 saturated carbocycles. The van der Waals surface area contributed by atoms with Gasteiger partial charge in [0.1, 0.15) is 6.42 Å². The second-order valence-electron chi connectivity index (χ2n) is 4.19. The van der Waals surface area contributed by atoms with Crippen LogP contribution in [0, 0.1) is 5.92 Å². The first kappa shape index (κ1) is 12.0. The molecular weight excluding hydrogens is 192 g/mol. The minimum absolute atomic E-state index is 0.00220. The van der Waals surface area contributed by atoms with Crippen molar-refractivity contribution in [3.05, 3.63) is 0 Å². The molecular formula is C11H20N2O2. The fourth-order valence-corrected chi connectivity index (χ4v) is 1.77. The van der Waals surface area contributed by atoms with Crippen molar-refractivity contribution in [2.24, 2.45) is 5.92 Å². The SMILES string of the molecule is CCNC(=O)CC(=O)N1CCC(C)CC1. The smallest absolute Gasteiger partial charge is 0.232 e. The third-order valence-electron chi connectivity index (χ3n) is 2.82. The van der Waals surface area contributed by atoms with Crippen LogP contribution >= 0.6 is 0 Å². The third kappa shape index (κ3) is 3.90. The van der Waals surface area contributed by atoms with E-state index in [0.29, 0.717) is 12.5 Å². The number of hydrogen-bond donors (Lipinski definition) is 1. The maximum atomic E-state index is 11.7. The van der Waals surface area contributed by atoms with Crippen LogP contribution in [-0.2, 0) is 9.59 Å². The lowest BCUT2D eigenvalue weighted by Crippen LogP contribution is -2.40. The molecule has 0 unspecified atom stereocenters. The Kier molecular flexibility index (Phi) is 4.59. The highest BCUT2D eigenvalue weighted by Gasteiger charge is 2.21. The maximum absolute atomic E-state index is 11.7. The van der Waals surface area contributed by atoms with Crippen LogP contribution < -0.4 is 5.32 Å². The Labute approximate surface area is 91.0 Å². The molecule has 0 aromatic rings. The summed E-state index contributed by atoms with van der Waals surface area (Å²) >= 11 is 0. The van der Waals surface area contributed by atoms with Crippen LogP contribution in [0.2, 0.25) is 0 Å². The topological polar surface area (TPSA) is 49.4 Å². The maximum Gasteiger partial charge on any atom is 0.232 e. The Hall–Kier alpha value is -1.06. The highest BCUT2D eigenvalue weighted by Crippen LogP contribution is 2.16. The second kappa shape index (κ2) is 5.73. The molecule has 86 valence electrons. The predicted molar refractivity (Wildman–Crippen MR) is 58.3 cm³/mol. The Morgan fingerprint density at radius 2 is 1.93 bits per heavy atom. The molecule has 15 heavy (non-hydrogen) atoms. The number of rotatable bonds is 3. The fraction of sp³-hybridized carbons (Fsp3) is 0.818. The Balaban J connectivity index is 2.31. The zero-order valence-corrected chi connectivity index (χ0v) is 9.58. The van der Waals surface area contributed by atoms with Gasteiger partial charge in [-0.05, 0) is 25.7 Å². The average Bonchev–Trinajstić information content (AvgIpc) is 2.18. The molecule has 0 aromatic carbocycles. The molecule has 1 aliphatic rings. The van der Waals surface area contributed by atoms with E-state index in [1.807, 2.05) is 6.92 Å². The zero-order chi connectivity index (χ0) is 11.3. The van der Waals surface area contributed by atoms with Gasteiger partial charge >= 0.3 is 0 Å². The number of carbonyl (C=O) groups is 2. The lowest BCUT2D eigenvalue weighted by molar-refractivity contribution is -0.137. The quantitative estimate of drug-likeness (QED) is 0.702. The number of likely N-dealkylation sites (tertiary alicyclic amines) is 1. The molecule has 0 spiro atoms. The van der Waals surface area contributed by atoms with Gasteiger partial charge in [0.2, 0.25) is 11.8 Å². The number of nitrogens with zero attached hydrogens (tertiary/aromatic N) is 1. The van der Waals surface area contributed by atoms with E-state index in [9.17, 15) is 9.59 Å². The van der Waals surface area contributed by atoms with Gasteiger partial charge in [0.25, 0.3) is 0 Å². The second-order valence-corrected chi connectivity index (χ2v) is 4.19. The number of piperidine rings is 1. The number of carbonyl (C=O) groups excluding carboxylic acids is 2. The Bertz CT molecular complexity index is 233. The lowest BCUT2D eigenvalue weighted by Gasteiger charge is -2.30. The summed E-state index contributed by atoms with van der Waals surface area (Å²) < 4.78 is 0. The molecule has 1 saturated heterocycles. The highest BCUT2D eigenvalue weighted by atomic mass is 16.2. The monoisotopic (exact) mass is 212 g/mol. The average molecular weight is 212 g/mol. The molecule has 1 N–H and O–H groups in total. The number of nitrogens with one attached hydrogen (secondary N) is 1. The van der Waals surface area contributed by atoms with Gasteiger partial charge in [-0.25, -0.2) is 0 Å². The van der Waals surface area contributed by atoms with Gasteiger partial charge in [-0.3, -0.25) is 9.59 Å². The van der Waals surface area contributed by atoms with Crippen LogP contribution in [0.1, 0.15) is 33.1 Å². The Morgan fingerprint density at radius 3 is 2.47 bits per heavy atom. The summed E-state index contributed by atoms with van der Waals surface area (Å²) in [7, 11) is 0. The molecule has 1 fully saturated rings. The fourth-order valence-electron chi connectivity index (χ4n) is 1.77. The molecule has 1 heterocycles. The third-order valence-corrected chi connectivity index (χ3v) is 2.82. The van der Waals surface area contributed by atoms with E-state index in [1.165, 1.54) is 0 Å². The number of amides is 2. The van der Waals surface area contributed by atoms with Crippen molar-refractivity contribution in [1.82, 2.24) is 10.2 Å². The van der Waals surface area contributed by atoms with Gasteiger partial charge < -0.3 is 10.2 Å². The zero-order valence-electron chi connectivity index (χ0n) is 9.58. The summed E-state index contributed by atoms with van der Waals surface area (Å²) in [5.41, 5.74) is 0. The van der Waals surface area contributed by atoms with Crippen molar-refractivity contribution in [2.75, 3.05) is 19.6 Å². The van der Waals surface area contributed by atoms with E-state index in [4.69, 9.17) is 0 Å². The molecule has 0 aromatic heterocycles. The van der Waals surface area contributed by atoms with E-state index < -0.39 is 0 Å². The first-order valence-electron chi connectivity index (χ1n) is 5.68. The minimum atomic E-state index is -0.166. The molecule has 2 amide bonds. The molecule has 0 radical (unpaired) electrons. The molecule has 4 nitrogen and oxygen atoms in total. The van der Waals surface area contributed by atoms with Gasteiger partial charge in [-0.2, -0.15) is 0 Å². The Morgan fingerprint density at radius 1 is 1.33 bits per heavy atom. The van der Waals surface area contributed by atoms with E-state index >= 15 is 0 Å². The molecule has 4 heteroatoms. The van der Waals surface area contributed by atoms with Crippen LogP contribution in [0.15, 0.2) is 0 Å². The van der Waals surface area contributed by atoms with Crippen molar-refractivity contribution < 1.29 is 9.59 Å². The van der Waals surface area contributed by atoms with E-state index in [1.54, 1.807) is 4.90 Å². The van der Waals surface area contributed by atoms with E-state index in [-0.39, 0.29) is 18.2 Å². The lowest BCUT2D eigenvalue weighted by atomic mass is 9.99. The summed E-state index contributed by atoms with van der Waals surface area (Å²) in [6.07, 6.45) is 2.12. The molecule has 1 rings (SSSR count). The van der Waals surface area contributed by atoms with Gasteiger partial charge in [0.15, 0.2) is 0 Å². The predicted octanol–water partition coefficient (Wildman–Crippen LogP) is 0.771. The van der Waals surface area contributed by atoms with Crippen molar-refractivity contribution in [2.45, 2.75) is 33.1 Å². The highest BCUT2D eigenvalue weighted by molar-refractivity contribution is 5.96. The summed E-state index contributed by atoms with van der Waals surface area (Å²) in [6.45, 7) is 6.25. The molecule has 1 aliphatic heterocycles. The van der Waals surface area contributed by atoms with Crippen LogP contribution in [0.25, 0.3) is 0 Å². The first-order chi connectivity index (χ1) is 7.13. The van der Waals surface area contributed by atoms with E-state index in [2.05, 4.69) is 12.2 Å². The summed E-state index contributed by atoms with van der Waals surface area (Å²) in [4.78, 5) is 24.7. The van der Waals surface area contributed by atoms with Crippen molar-refractivity contribution in [3.63, 3.8) is 0 Å². The largest absolute Gasteiger partial charge is 0.356 e. The van der Waals surface area contributed by atoms with Crippen molar-refractivity contribution in [3.8, 4) is 0 Å². The standard InChI is InChI=1S/C11H20N2O2/c1-3-12-10(14)8-11(15)13-6-4-9(2)5-7-13/h9H,3-8H2,1-2H3,(H,12,14).